The third-order valence-electron chi connectivity index (χ3n) is 5.32. The number of hydrogen-bond donors (Lipinski definition) is 2. The van der Waals surface area contributed by atoms with Gasteiger partial charge in [0.05, 0.1) is 24.9 Å². The molecule has 1 saturated heterocycles. The average Bonchev–Trinajstić information content (AvgIpc) is 3.01. The fourth-order valence-corrected chi connectivity index (χ4v) is 4.76. The molecule has 3 heterocycles. The first kappa shape index (κ1) is 20.4. The van der Waals surface area contributed by atoms with Gasteiger partial charge in [-0.3, -0.25) is 9.78 Å². The van der Waals surface area contributed by atoms with Crippen molar-refractivity contribution in [1.29, 1.82) is 0 Å². The van der Waals surface area contributed by atoms with Crippen LogP contribution in [0.1, 0.15) is 22.4 Å². The van der Waals surface area contributed by atoms with Crippen molar-refractivity contribution in [2.75, 3.05) is 31.2 Å². The van der Waals surface area contributed by atoms with Gasteiger partial charge in [-0.05, 0) is 36.1 Å². The summed E-state index contributed by atoms with van der Waals surface area (Å²) >= 11 is 1.45. The molecule has 3 N–H and O–H groups in total. The Morgan fingerprint density at radius 1 is 1.37 bits per heavy atom. The lowest BCUT2D eigenvalue weighted by Gasteiger charge is -2.38. The normalized spacial score (nSPS) is 18.7. The Morgan fingerprint density at radius 2 is 2.20 bits per heavy atom. The second-order valence-corrected chi connectivity index (χ2v) is 8.47. The Balaban J connectivity index is 1.34. The first-order valence-electron chi connectivity index (χ1n) is 9.81. The van der Waals surface area contributed by atoms with Crippen LogP contribution >= 0.6 is 11.3 Å². The zero-order valence-corrected chi connectivity index (χ0v) is 17.5. The van der Waals surface area contributed by atoms with Gasteiger partial charge < -0.3 is 25.4 Å². The Morgan fingerprint density at radius 3 is 2.93 bits per heavy atom. The SMILES string of the molecule is COC1CN(C(=O)OC2CCc3c(sc(NC(=O)/C=C/c4cccnc4)c3N)C2)C1. The highest BCUT2D eigenvalue weighted by Crippen LogP contribution is 2.40. The van der Waals surface area contributed by atoms with E-state index >= 15 is 0 Å². The van der Waals surface area contributed by atoms with Crippen LogP contribution in [0.15, 0.2) is 30.6 Å². The molecule has 0 aromatic carbocycles. The lowest BCUT2D eigenvalue weighted by atomic mass is 9.95. The van der Waals surface area contributed by atoms with Gasteiger partial charge in [-0.1, -0.05) is 6.07 Å². The van der Waals surface area contributed by atoms with Crippen molar-refractivity contribution >= 4 is 40.1 Å². The molecular weight excluding hydrogens is 404 g/mol. The van der Waals surface area contributed by atoms with E-state index in [1.54, 1.807) is 30.5 Å². The van der Waals surface area contributed by atoms with Crippen LogP contribution in [-0.4, -0.2) is 54.3 Å². The van der Waals surface area contributed by atoms with E-state index in [9.17, 15) is 9.59 Å². The van der Waals surface area contributed by atoms with Crippen LogP contribution < -0.4 is 11.1 Å². The molecule has 8 nitrogen and oxygen atoms in total. The van der Waals surface area contributed by atoms with Crippen molar-refractivity contribution < 1.29 is 19.1 Å². The fourth-order valence-electron chi connectivity index (χ4n) is 3.53. The Hall–Kier alpha value is -2.91. The highest BCUT2D eigenvalue weighted by molar-refractivity contribution is 7.17. The number of amides is 2. The van der Waals surface area contributed by atoms with Crippen molar-refractivity contribution in [3.05, 3.63) is 46.6 Å². The molecule has 1 aliphatic heterocycles. The number of aromatic nitrogens is 1. The van der Waals surface area contributed by atoms with Gasteiger partial charge in [0.15, 0.2) is 0 Å². The topological polar surface area (TPSA) is 107 Å². The maximum Gasteiger partial charge on any atom is 0.410 e. The van der Waals surface area contributed by atoms with E-state index in [0.717, 1.165) is 28.8 Å². The van der Waals surface area contributed by atoms with Gasteiger partial charge in [-0.25, -0.2) is 4.79 Å². The van der Waals surface area contributed by atoms with Crippen molar-refractivity contribution in [3.8, 4) is 0 Å². The average molecular weight is 429 g/mol. The number of pyridine rings is 1. The molecule has 30 heavy (non-hydrogen) atoms. The molecule has 2 aliphatic rings. The molecule has 1 atom stereocenters. The summed E-state index contributed by atoms with van der Waals surface area (Å²) in [6, 6.07) is 3.68. The number of fused-ring (bicyclic) bond motifs is 1. The van der Waals surface area contributed by atoms with Crippen molar-refractivity contribution in [2.45, 2.75) is 31.5 Å². The number of thiophene rings is 1. The third kappa shape index (κ3) is 4.47. The molecule has 0 bridgehead atoms. The van der Waals surface area contributed by atoms with E-state index in [2.05, 4.69) is 10.3 Å². The summed E-state index contributed by atoms with van der Waals surface area (Å²) < 4.78 is 10.8. The van der Waals surface area contributed by atoms with Gasteiger partial charge in [0.2, 0.25) is 5.91 Å². The van der Waals surface area contributed by atoms with E-state index in [-0.39, 0.29) is 24.2 Å². The molecule has 9 heteroatoms. The van der Waals surface area contributed by atoms with Gasteiger partial charge >= 0.3 is 6.09 Å². The van der Waals surface area contributed by atoms with Crippen molar-refractivity contribution in [1.82, 2.24) is 9.88 Å². The van der Waals surface area contributed by atoms with Crippen LogP contribution in [-0.2, 0) is 27.1 Å². The van der Waals surface area contributed by atoms with Crippen LogP contribution in [0.4, 0.5) is 15.5 Å². The number of hydrogen-bond acceptors (Lipinski definition) is 7. The second kappa shape index (κ2) is 8.85. The zero-order chi connectivity index (χ0) is 21.1. The lowest BCUT2D eigenvalue weighted by molar-refractivity contribution is -0.111. The summed E-state index contributed by atoms with van der Waals surface area (Å²) in [5.41, 5.74) is 8.76. The van der Waals surface area contributed by atoms with Crippen molar-refractivity contribution in [3.63, 3.8) is 0 Å². The summed E-state index contributed by atoms with van der Waals surface area (Å²) in [7, 11) is 1.64. The van der Waals surface area contributed by atoms with Crippen LogP contribution in [0.3, 0.4) is 0 Å². The molecule has 2 amide bonds. The van der Waals surface area contributed by atoms with Crippen LogP contribution in [0, 0.1) is 0 Å². The van der Waals surface area contributed by atoms with E-state index in [0.29, 0.717) is 30.2 Å². The fraction of sp³-hybridized carbons (Fsp3) is 0.381. The van der Waals surface area contributed by atoms with Gasteiger partial charge in [0.25, 0.3) is 0 Å². The number of likely N-dealkylation sites (tertiary alicyclic amines) is 1. The van der Waals surface area contributed by atoms with E-state index in [1.807, 2.05) is 12.1 Å². The summed E-state index contributed by atoms with van der Waals surface area (Å²) in [5.74, 6) is -0.252. The number of nitrogens with zero attached hydrogens (tertiary/aromatic N) is 2. The number of ether oxygens (including phenoxy) is 2. The molecule has 2 aromatic heterocycles. The molecule has 1 unspecified atom stereocenters. The number of methoxy groups -OCH3 is 1. The maximum absolute atomic E-state index is 12.3. The van der Waals surface area contributed by atoms with E-state index in [4.69, 9.17) is 15.2 Å². The first-order valence-corrected chi connectivity index (χ1v) is 10.6. The molecular formula is C21H24N4O4S. The third-order valence-corrected chi connectivity index (χ3v) is 6.50. The molecule has 0 radical (unpaired) electrons. The Bertz CT molecular complexity index is 953. The number of nitrogen functional groups attached to an aromatic ring is 1. The zero-order valence-electron chi connectivity index (χ0n) is 16.7. The molecule has 1 aliphatic carbocycles. The predicted octanol–water partition coefficient (Wildman–Crippen LogP) is 2.70. The minimum atomic E-state index is -0.296. The number of nitrogens with one attached hydrogen (secondary N) is 1. The van der Waals surface area contributed by atoms with Gasteiger partial charge in [0, 0.05) is 36.9 Å². The lowest BCUT2D eigenvalue weighted by Crippen LogP contribution is -2.55. The summed E-state index contributed by atoms with van der Waals surface area (Å²) in [5, 5.41) is 3.50. The highest BCUT2D eigenvalue weighted by Gasteiger charge is 2.34. The van der Waals surface area contributed by atoms with Crippen LogP contribution in [0.5, 0.6) is 0 Å². The summed E-state index contributed by atoms with van der Waals surface area (Å²) in [6.45, 7) is 1.14. The largest absolute Gasteiger partial charge is 0.446 e. The van der Waals surface area contributed by atoms with E-state index in [1.165, 1.54) is 17.4 Å². The second-order valence-electron chi connectivity index (χ2n) is 7.37. The molecule has 0 spiro atoms. The number of nitrogens with two attached hydrogens (primary N) is 1. The van der Waals surface area contributed by atoms with Crippen LogP contribution in [0.2, 0.25) is 0 Å². The molecule has 1 fully saturated rings. The Labute approximate surface area is 178 Å². The van der Waals surface area contributed by atoms with Gasteiger partial charge in [-0.15, -0.1) is 11.3 Å². The standard InChI is InChI=1S/C21H24N4O4S/c1-28-15-11-25(12-15)21(27)29-14-5-6-16-17(9-14)30-20(19(16)22)24-18(26)7-4-13-3-2-8-23-10-13/h2-4,7-8,10,14-15H,5-6,9,11-12,22H2,1H3,(H,24,26)/b7-4+. The number of rotatable bonds is 5. The maximum atomic E-state index is 12.3. The quantitative estimate of drug-likeness (QED) is 0.709. The summed E-state index contributed by atoms with van der Waals surface area (Å²) in [4.78, 5) is 31.2. The minimum absolute atomic E-state index is 0.103. The van der Waals surface area contributed by atoms with Crippen LogP contribution in [0.25, 0.3) is 6.08 Å². The Kier molecular flexibility index (Phi) is 6.01. The monoisotopic (exact) mass is 428 g/mol. The first-order chi connectivity index (χ1) is 14.5. The smallest absolute Gasteiger partial charge is 0.410 e. The van der Waals surface area contributed by atoms with E-state index < -0.39 is 0 Å². The molecule has 158 valence electrons. The summed E-state index contributed by atoms with van der Waals surface area (Å²) in [6.07, 6.45) is 8.19. The molecule has 2 aromatic rings. The van der Waals surface area contributed by atoms with Crippen molar-refractivity contribution in [2.24, 2.45) is 0 Å². The minimum Gasteiger partial charge on any atom is -0.446 e. The highest BCUT2D eigenvalue weighted by atomic mass is 32.1. The number of anilines is 2. The number of carbonyl (C=O) groups is 2. The molecule has 4 rings (SSSR count). The molecule has 0 saturated carbocycles. The van der Waals surface area contributed by atoms with Gasteiger partial charge in [-0.2, -0.15) is 0 Å². The number of carbonyl (C=O) groups excluding carboxylic acids is 2. The van der Waals surface area contributed by atoms with Gasteiger partial charge in [0.1, 0.15) is 11.1 Å². The predicted molar refractivity (Wildman–Crippen MR) is 115 cm³/mol.